The van der Waals surface area contributed by atoms with Gasteiger partial charge in [0.1, 0.15) is 0 Å². The molecule has 3 nitrogen and oxygen atoms in total. The normalized spacial score (nSPS) is 11.7. The molecule has 0 saturated carbocycles. The summed E-state index contributed by atoms with van der Waals surface area (Å²) in [4.78, 5) is 14.3. The Kier molecular flexibility index (Phi) is 12.6. The van der Waals surface area contributed by atoms with Gasteiger partial charge in [-0.05, 0) is 160 Å². The molecule has 0 aliphatic heterocycles. The molecule has 0 aliphatic rings. The van der Waals surface area contributed by atoms with Crippen LogP contribution in [0.3, 0.4) is 0 Å². The number of aromatic nitrogens is 3. The van der Waals surface area contributed by atoms with Crippen LogP contribution in [0, 0.1) is 13.8 Å². The van der Waals surface area contributed by atoms with Gasteiger partial charge in [0.05, 0.1) is 17.1 Å². The zero-order chi connectivity index (χ0) is 48.5. The number of hydrogen-bond donors (Lipinski definition) is 0. The third-order valence-corrected chi connectivity index (χ3v) is 15.1. The largest absolute Gasteiger partial charge is 0.256 e. The monoisotopic (exact) mass is 935 g/mol. The highest BCUT2D eigenvalue weighted by Crippen LogP contribution is 2.43. The molecule has 4 heterocycles. The molecule has 0 fully saturated rings. The summed E-state index contributed by atoms with van der Waals surface area (Å²) in [7, 11) is 0. The van der Waals surface area contributed by atoms with E-state index in [9.17, 15) is 0 Å². The molecule has 0 aliphatic carbocycles. The third kappa shape index (κ3) is 10.00. The van der Waals surface area contributed by atoms with E-state index in [0.717, 1.165) is 59.5 Å². The Morgan fingerprint density at radius 1 is 0.366 bits per heavy atom. The zero-order valence-corrected chi connectivity index (χ0v) is 42.0. The number of fused-ring (bicyclic) bond motifs is 3. The Bertz CT molecular complexity index is 3560. The molecular formula is C67H57N3S. The molecule has 11 aromatic rings. The number of thiophene rings is 1. The SMILES string of the molecule is Cc1ccc(-c2ccc(CCc3cc(CCc4ccc(-c5ccc(C)cn5)cc4)cc(-c4ccccc4-c4ccc(-c5cc(C(C)(C)C)ccn5)cc4-c4ccc5c(c4)sc4ccccc45)c3)cc2)nc1. The number of pyridine rings is 3. The Hall–Kier alpha value is -7.79. The average molecular weight is 936 g/mol. The van der Waals surface area contributed by atoms with E-state index in [1.54, 1.807) is 0 Å². The van der Waals surface area contributed by atoms with E-state index < -0.39 is 0 Å². The summed E-state index contributed by atoms with van der Waals surface area (Å²) in [5, 5.41) is 2.61. The molecule has 0 bridgehead atoms. The van der Waals surface area contributed by atoms with Gasteiger partial charge < -0.3 is 0 Å². The second-order valence-electron chi connectivity index (χ2n) is 20.2. The molecule has 0 radical (unpaired) electrons. The van der Waals surface area contributed by atoms with Crippen molar-refractivity contribution in [2.45, 2.75) is 65.7 Å². The first-order valence-electron chi connectivity index (χ1n) is 24.9. The van der Waals surface area contributed by atoms with Crippen molar-refractivity contribution in [3.8, 4) is 67.2 Å². The fourth-order valence-electron chi connectivity index (χ4n) is 9.84. The minimum atomic E-state index is 0.00701. The van der Waals surface area contributed by atoms with Gasteiger partial charge in [0, 0.05) is 55.5 Å². The van der Waals surface area contributed by atoms with E-state index in [1.807, 2.05) is 29.9 Å². The molecule has 0 saturated heterocycles. The van der Waals surface area contributed by atoms with Crippen molar-refractivity contribution in [2.24, 2.45) is 0 Å². The number of aryl methyl sites for hydroxylation is 6. The lowest BCUT2D eigenvalue weighted by Crippen LogP contribution is -2.11. The second-order valence-corrected chi connectivity index (χ2v) is 21.3. The Morgan fingerprint density at radius 3 is 1.54 bits per heavy atom. The lowest BCUT2D eigenvalue weighted by molar-refractivity contribution is 0.589. The Labute approximate surface area is 422 Å². The summed E-state index contributed by atoms with van der Waals surface area (Å²) in [6, 6.07) is 69.9. The van der Waals surface area contributed by atoms with E-state index in [1.165, 1.54) is 92.5 Å². The summed E-state index contributed by atoms with van der Waals surface area (Å²) in [5.74, 6) is 0. The van der Waals surface area contributed by atoms with Crippen LogP contribution in [0.1, 0.15) is 59.7 Å². The van der Waals surface area contributed by atoms with Crippen molar-refractivity contribution in [1.29, 1.82) is 0 Å². The molecule has 4 aromatic heterocycles. The van der Waals surface area contributed by atoms with E-state index >= 15 is 0 Å². The van der Waals surface area contributed by atoms with E-state index in [4.69, 9.17) is 4.98 Å². The van der Waals surface area contributed by atoms with Gasteiger partial charge in [0.2, 0.25) is 0 Å². The van der Waals surface area contributed by atoms with Gasteiger partial charge in [-0.2, -0.15) is 0 Å². The van der Waals surface area contributed by atoms with Crippen LogP contribution in [-0.2, 0) is 31.1 Å². The molecule has 0 unspecified atom stereocenters. The van der Waals surface area contributed by atoms with Crippen molar-refractivity contribution >= 4 is 31.5 Å². The molecule has 0 spiro atoms. The molecule has 4 heteroatoms. The highest BCUT2D eigenvalue weighted by atomic mass is 32.1. The zero-order valence-electron chi connectivity index (χ0n) is 41.2. The standard InChI is InChI=1S/C67H57N3S/c1-44-14-32-62(69-42-44)50-24-20-46(21-25-50)16-18-48-36-49(19-17-47-22-26-51(27-23-47)63-33-15-45(2)43-70-63)38-54(37-48)56-10-6-7-11-57(56)58-30-29-53(64-41-55(34-35-68-64)67(3,4)5)39-61(58)52-28-31-60-59-12-8-9-13-65(59)71-66(60)40-52/h6-15,20-43H,16-19H2,1-5H3. The predicted octanol–water partition coefficient (Wildman–Crippen LogP) is 17.7. The van der Waals surface area contributed by atoms with Crippen molar-refractivity contribution in [1.82, 2.24) is 15.0 Å². The summed E-state index contributed by atoms with van der Waals surface area (Å²) >= 11 is 1.87. The van der Waals surface area contributed by atoms with Crippen LogP contribution in [-0.4, -0.2) is 15.0 Å². The maximum atomic E-state index is 4.94. The van der Waals surface area contributed by atoms with Gasteiger partial charge >= 0.3 is 0 Å². The van der Waals surface area contributed by atoms with Crippen molar-refractivity contribution < 1.29 is 0 Å². The lowest BCUT2D eigenvalue weighted by atomic mass is 9.85. The molecule has 71 heavy (non-hydrogen) atoms. The van der Waals surface area contributed by atoms with Gasteiger partial charge in [-0.3, -0.25) is 15.0 Å². The van der Waals surface area contributed by atoms with Gasteiger partial charge in [0.25, 0.3) is 0 Å². The van der Waals surface area contributed by atoms with Crippen LogP contribution in [0.2, 0.25) is 0 Å². The van der Waals surface area contributed by atoms with Crippen molar-refractivity contribution in [2.75, 3.05) is 0 Å². The highest BCUT2D eigenvalue weighted by Gasteiger charge is 2.19. The summed E-state index contributed by atoms with van der Waals surface area (Å²) in [5.41, 5.74) is 22.6. The maximum Gasteiger partial charge on any atom is 0.0705 e. The number of rotatable bonds is 12. The van der Waals surface area contributed by atoms with Crippen molar-refractivity contribution in [3.05, 3.63) is 246 Å². The highest BCUT2D eigenvalue weighted by molar-refractivity contribution is 7.25. The summed E-state index contributed by atoms with van der Waals surface area (Å²) in [6.07, 6.45) is 9.58. The topological polar surface area (TPSA) is 38.7 Å². The van der Waals surface area contributed by atoms with E-state index in [-0.39, 0.29) is 5.41 Å². The summed E-state index contributed by atoms with van der Waals surface area (Å²) in [6.45, 7) is 11.0. The van der Waals surface area contributed by atoms with E-state index in [0.29, 0.717) is 0 Å². The fraction of sp³-hybridized carbons (Fsp3) is 0.149. The van der Waals surface area contributed by atoms with Crippen LogP contribution < -0.4 is 0 Å². The lowest BCUT2D eigenvalue weighted by Gasteiger charge is -2.20. The molecule has 0 atom stereocenters. The minimum Gasteiger partial charge on any atom is -0.256 e. The first-order valence-corrected chi connectivity index (χ1v) is 25.7. The molecular weight excluding hydrogens is 879 g/mol. The van der Waals surface area contributed by atoms with Crippen LogP contribution in [0.4, 0.5) is 0 Å². The van der Waals surface area contributed by atoms with Gasteiger partial charge in [-0.1, -0.05) is 166 Å². The second kappa shape index (κ2) is 19.5. The Morgan fingerprint density at radius 2 is 0.915 bits per heavy atom. The molecule has 346 valence electrons. The quantitative estimate of drug-likeness (QED) is 0.123. The third-order valence-electron chi connectivity index (χ3n) is 13.9. The van der Waals surface area contributed by atoms with Gasteiger partial charge in [-0.25, -0.2) is 0 Å². The van der Waals surface area contributed by atoms with Crippen LogP contribution in [0.5, 0.6) is 0 Å². The smallest absolute Gasteiger partial charge is 0.0705 e. The Balaban J connectivity index is 0.981. The van der Waals surface area contributed by atoms with Gasteiger partial charge in [-0.15, -0.1) is 11.3 Å². The molecule has 0 N–H and O–H groups in total. The van der Waals surface area contributed by atoms with Crippen LogP contribution in [0.25, 0.3) is 87.3 Å². The summed E-state index contributed by atoms with van der Waals surface area (Å²) < 4.78 is 2.60. The fourth-order valence-corrected chi connectivity index (χ4v) is 11.0. The minimum absolute atomic E-state index is 0.00701. The van der Waals surface area contributed by atoms with Gasteiger partial charge in [0.15, 0.2) is 0 Å². The maximum absolute atomic E-state index is 4.94. The average Bonchev–Trinajstić information content (AvgIpc) is 3.78. The molecule has 11 rings (SSSR count). The number of benzene rings is 7. The molecule has 7 aromatic carbocycles. The first-order chi connectivity index (χ1) is 34.6. The predicted molar refractivity (Wildman–Crippen MR) is 301 cm³/mol. The van der Waals surface area contributed by atoms with E-state index in [2.05, 4.69) is 233 Å². The van der Waals surface area contributed by atoms with Crippen LogP contribution in [0.15, 0.2) is 207 Å². The number of nitrogens with zero attached hydrogens (tertiary/aromatic N) is 3. The number of hydrogen-bond acceptors (Lipinski definition) is 4. The molecule has 0 amide bonds. The van der Waals surface area contributed by atoms with Crippen LogP contribution >= 0.6 is 11.3 Å². The first kappa shape index (κ1) is 45.6. The van der Waals surface area contributed by atoms with Crippen molar-refractivity contribution in [3.63, 3.8) is 0 Å².